The van der Waals surface area contributed by atoms with E-state index >= 15 is 0 Å². The van der Waals surface area contributed by atoms with Crippen LogP contribution in [0.3, 0.4) is 0 Å². The summed E-state index contributed by atoms with van der Waals surface area (Å²) in [5.74, 6) is -2.85. The summed E-state index contributed by atoms with van der Waals surface area (Å²) in [5.41, 5.74) is 1.52. The summed E-state index contributed by atoms with van der Waals surface area (Å²) in [6.07, 6.45) is -3.06. The van der Waals surface area contributed by atoms with Gasteiger partial charge in [0.25, 0.3) is 0 Å². The number of methoxy groups -OCH3 is 1. The summed E-state index contributed by atoms with van der Waals surface area (Å²) in [6, 6.07) is 18.1. The van der Waals surface area contributed by atoms with E-state index in [4.69, 9.17) is 18.9 Å². The van der Waals surface area contributed by atoms with E-state index in [1.807, 2.05) is 50.2 Å². The number of hydrogen-bond acceptors (Lipinski definition) is 7. The third-order valence-electron chi connectivity index (χ3n) is 5.06. The average Bonchev–Trinajstić information content (AvgIpc) is 2.81. The number of benzene rings is 2. The van der Waals surface area contributed by atoms with Gasteiger partial charge in [-0.1, -0.05) is 81.4 Å². The lowest BCUT2D eigenvalue weighted by Crippen LogP contribution is -2.46. The van der Waals surface area contributed by atoms with Gasteiger partial charge >= 0.3 is 17.9 Å². The van der Waals surface area contributed by atoms with E-state index in [0.717, 1.165) is 11.1 Å². The van der Waals surface area contributed by atoms with E-state index in [0.29, 0.717) is 0 Å². The van der Waals surface area contributed by atoms with E-state index < -0.39 is 36.0 Å². The van der Waals surface area contributed by atoms with E-state index in [1.54, 1.807) is 31.2 Å². The van der Waals surface area contributed by atoms with Gasteiger partial charge in [-0.2, -0.15) is 0 Å². The molecule has 2 aromatic carbocycles. The highest BCUT2D eigenvalue weighted by atomic mass is 16.6. The van der Waals surface area contributed by atoms with E-state index in [2.05, 4.69) is 0 Å². The van der Waals surface area contributed by atoms with Crippen LogP contribution in [0, 0.1) is 11.8 Å². The molecule has 0 heterocycles. The highest BCUT2D eigenvalue weighted by molar-refractivity contribution is 5.88. The van der Waals surface area contributed by atoms with Gasteiger partial charge in [-0.3, -0.25) is 4.79 Å². The van der Waals surface area contributed by atoms with Crippen LogP contribution in [-0.4, -0.2) is 37.2 Å². The van der Waals surface area contributed by atoms with Crippen molar-refractivity contribution >= 4 is 17.9 Å². The zero-order chi connectivity index (χ0) is 23.5. The van der Waals surface area contributed by atoms with Crippen molar-refractivity contribution in [3.8, 4) is 0 Å². The molecule has 3 unspecified atom stereocenters. The predicted molar refractivity (Wildman–Crippen MR) is 117 cm³/mol. The van der Waals surface area contributed by atoms with Crippen molar-refractivity contribution in [3.05, 3.63) is 71.8 Å². The second-order valence-electron chi connectivity index (χ2n) is 7.73. The van der Waals surface area contributed by atoms with E-state index in [-0.39, 0.29) is 19.1 Å². The zero-order valence-corrected chi connectivity index (χ0v) is 18.9. The molecule has 0 N–H and O–H groups in total. The fraction of sp³-hybridized carbons (Fsp3) is 0.400. The molecule has 0 fully saturated rings. The summed E-state index contributed by atoms with van der Waals surface area (Å²) in [5, 5.41) is 0. The molecule has 2 aromatic rings. The first kappa shape index (κ1) is 25.1. The van der Waals surface area contributed by atoms with E-state index in [9.17, 15) is 14.4 Å². The van der Waals surface area contributed by atoms with Crippen molar-refractivity contribution in [3.63, 3.8) is 0 Å². The minimum atomic E-state index is -1.60. The predicted octanol–water partition coefficient (Wildman–Crippen LogP) is 3.69. The topological polar surface area (TPSA) is 88.1 Å². The molecular weight excluding hydrogens is 412 g/mol. The highest BCUT2D eigenvalue weighted by Crippen LogP contribution is 2.17. The van der Waals surface area contributed by atoms with Gasteiger partial charge in [0.05, 0.1) is 5.92 Å². The molecule has 0 saturated heterocycles. The Morgan fingerprint density at radius 3 is 1.53 bits per heavy atom. The number of carbonyl (C=O) groups excluding carboxylic acids is 3. The molecule has 172 valence electrons. The van der Waals surface area contributed by atoms with Crippen molar-refractivity contribution in [1.29, 1.82) is 0 Å². The van der Waals surface area contributed by atoms with Crippen molar-refractivity contribution in [2.75, 3.05) is 7.11 Å². The first-order chi connectivity index (χ1) is 15.3. The minimum Gasteiger partial charge on any atom is -0.459 e. The summed E-state index contributed by atoms with van der Waals surface area (Å²) in [4.78, 5) is 38.1. The van der Waals surface area contributed by atoms with Crippen molar-refractivity contribution in [1.82, 2.24) is 0 Å². The Labute approximate surface area is 188 Å². The van der Waals surface area contributed by atoms with Gasteiger partial charge in [0, 0.05) is 7.11 Å². The van der Waals surface area contributed by atoms with Gasteiger partial charge < -0.3 is 18.9 Å². The molecule has 0 saturated carbocycles. The maximum atomic E-state index is 12.8. The molecule has 0 aliphatic rings. The van der Waals surface area contributed by atoms with Crippen LogP contribution in [0.2, 0.25) is 0 Å². The normalized spacial score (nSPS) is 13.7. The molecule has 7 heteroatoms. The Balaban J connectivity index is 2.14. The minimum absolute atomic E-state index is 0.0122. The highest BCUT2D eigenvalue weighted by Gasteiger charge is 2.41. The molecule has 0 radical (unpaired) electrons. The number of hydrogen-bond donors (Lipinski definition) is 0. The second-order valence-corrected chi connectivity index (χ2v) is 7.73. The third kappa shape index (κ3) is 7.50. The molecule has 3 atom stereocenters. The number of carbonyl (C=O) groups is 3. The van der Waals surface area contributed by atoms with Crippen LogP contribution in [0.5, 0.6) is 0 Å². The van der Waals surface area contributed by atoms with Crippen molar-refractivity contribution in [2.45, 2.75) is 46.2 Å². The van der Waals surface area contributed by atoms with Gasteiger partial charge in [0.1, 0.15) is 13.2 Å². The van der Waals surface area contributed by atoms with Gasteiger partial charge in [-0.05, 0) is 17.0 Å². The Hall–Kier alpha value is -3.19. The monoisotopic (exact) mass is 442 g/mol. The zero-order valence-electron chi connectivity index (χ0n) is 18.9. The summed E-state index contributed by atoms with van der Waals surface area (Å²) < 4.78 is 21.3. The van der Waals surface area contributed by atoms with Crippen LogP contribution < -0.4 is 0 Å². The molecule has 7 nitrogen and oxygen atoms in total. The number of esters is 3. The molecule has 0 aromatic heterocycles. The molecule has 0 amide bonds. The van der Waals surface area contributed by atoms with Crippen molar-refractivity contribution < 1.29 is 33.3 Å². The Bertz CT molecular complexity index is 864. The van der Waals surface area contributed by atoms with Gasteiger partial charge in [-0.25, -0.2) is 9.59 Å². The van der Waals surface area contributed by atoms with Crippen LogP contribution in [-0.2, 0) is 46.5 Å². The Morgan fingerprint density at radius 1 is 0.688 bits per heavy atom. The number of rotatable bonds is 11. The fourth-order valence-corrected chi connectivity index (χ4v) is 2.70. The summed E-state index contributed by atoms with van der Waals surface area (Å²) in [6.45, 7) is 5.35. The Morgan fingerprint density at radius 2 is 1.12 bits per heavy atom. The lowest BCUT2D eigenvalue weighted by Gasteiger charge is -2.25. The first-order valence-corrected chi connectivity index (χ1v) is 10.5. The van der Waals surface area contributed by atoms with Crippen LogP contribution in [0.15, 0.2) is 60.7 Å². The SMILES string of the molecule is COC(C(=O)OCc1ccccc1)C(OC(=O)C(C)C(C)C)C(=O)OCc1ccccc1. The first-order valence-electron chi connectivity index (χ1n) is 10.5. The molecule has 32 heavy (non-hydrogen) atoms. The van der Waals surface area contributed by atoms with Crippen LogP contribution in [0.4, 0.5) is 0 Å². The largest absolute Gasteiger partial charge is 0.459 e. The molecule has 2 rings (SSSR count). The molecule has 0 bridgehead atoms. The van der Waals surface area contributed by atoms with E-state index in [1.165, 1.54) is 7.11 Å². The Kier molecular flexibility index (Phi) is 9.88. The lowest BCUT2D eigenvalue weighted by molar-refractivity contribution is -0.189. The van der Waals surface area contributed by atoms with Crippen LogP contribution in [0.25, 0.3) is 0 Å². The number of ether oxygens (including phenoxy) is 4. The van der Waals surface area contributed by atoms with Gasteiger partial charge in [-0.15, -0.1) is 0 Å². The third-order valence-corrected chi connectivity index (χ3v) is 5.06. The maximum absolute atomic E-state index is 12.8. The lowest BCUT2D eigenvalue weighted by atomic mass is 9.98. The van der Waals surface area contributed by atoms with Gasteiger partial charge in [0.15, 0.2) is 0 Å². The molecular formula is C25H30O7. The van der Waals surface area contributed by atoms with Gasteiger partial charge in [0.2, 0.25) is 12.2 Å². The fourth-order valence-electron chi connectivity index (χ4n) is 2.70. The average molecular weight is 443 g/mol. The quantitative estimate of drug-likeness (QED) is 0.387. The summed E-state index contributed by atoms with van der Waals surface area (Å²) in [7, 11) is 1.24. The standard InChI is InChI=1S/C25H30O7/c1-17(2)18(3)23(26)32-22(25(28)31-16-20-13-9-6-10-14-20)21(29-4)24(27)30-15-19-11-7-5-8-12-19/h5-14,17-18,21-22H,15-16H2,1-4H3. The van der Waals surface area contributed by atoms with Crippen LogP contribution >= 0.6 is 0 Å². The molecule has 0 spiro atoms. The smallest absolute Gasteiger partial charge is 0.351 e. The van der Waals surface area contributed by atoms with Crippen LogP contribution in [0.1, 0.15) is 31.9 Å². The summed E-state index contributed by atoms with van der Waals surface area (Å²) >= 11 is 0. The molecule has 0 aliphatic carbocycles. The molecule has 0 aliphatic heterocycles. The maximum Gasteiger partial charge on any atom is 0.351 e. The second kappa shape index (κ2) is 12.6. The van der Waals surface area contributed by atoms with Crippen molar-refractivity contribution in [2.24, 2.45) is 11.8 Å².